The molecule has 0 aliphatic heterocycles. The number of aliphatic hydroxyl groups excluding tert-OH is 1. The number of alkyl halides is 3. The van der Waals surface area contributed by atoms with Crippen LogP contribution in [0.25, 0.3) is 11.5 Å². The maximum Gasteiger partial charge on any atom is 0.433 e. The van der Waals surface area contributed by atoms with Crippen LogP contribution in [0, 0.1) is 5.92 Å². The predicted octanol–water partition coefficient (Wildman–Crippen LogP) is 2.96. The Balaban J connectivity index is 1.96. The number of nitrogens with zero attached hydrogens (tertiary/aromatic N) is 4. The third-order valence-corrected chi connectivity index (χ3v) is 4.24. The smallest absolute Gasteiger partial charge is 0.394 e. The van der Waals surface area contributed by atoms with Gasteiger partial charge in [0.05, 0.1) is 6.61 Å². The van der Waals surface area contributed by atoms with E-state index in [1.807, 2.05) is 6.92 Å². The Morgan fingerprint density at radius 3 is 2.33 bits per heavy atom. The fourth-order valence-electron chi connectivity index (χ4n) is 2.52. The van der Waals surface area contributed by atoms with Crippen molar-refractivity contribution < 1.29 is 18.3 Å². The molecule has 0 amide bonds. The third-order valence-electron chi connectivity index (χ3n) is 4.24. The lowest BCUT2D eigenvalue weighted by molar-refractivity contribution is -0.141. The highest BCUT2D eigenvalue weighted by Gasteiger charge is 2.33. The molecule has 0 bridgehead atoms. The van der Waals surface area contributed by atoms with Gasteiger partial charge in [-0.1, -0.05) is 6.07 Å². The lowest BCUT2D eigenvalue weighted by Gasteiger charge is -2.16. The lowest BCUT2D eigenvalue weighted by Crippen LogP contribution is -2.23. The molecule has 0 spiro atoms. The summed E-state index contributed by atoms with van der Waals surface area (Å²) in [6.07, 6.45) is -2.32. The van der Waals surface area contributed by atoms with Gasteiger partial charge in [0.15, 0.2) is 5.82 Å². The van der Waals surface area contributed by atoms with Crippen molar-refractivity contribution in [3.8, 4) is 11.5 Å². The molecule has 27 heavy (non-hydrogen) atoms. The molecular formula is C17H21F3N6O. The van der Waals surface area contributed by atoms with Crippen LogP contribution in [0.4, 0.5) is 25.1 Å². The monoisotopic (exact) mass is 382 g/mol. The zero-order valence-corrected chi connectivity index (χ0v) is 15.0. The Labute approximate surface area is 154 Å². The zero-order chi connectivity index (χ0) is 19.6. The number of rotatable bonds is 7. The highest BCUT2D eigenvalue weighted by atomic mass is 19.4. The molecular weight excluding hydrogens is 361 g/mol. The van der Waals surface area contributed by atoms with Gasteiger partial charge in [0.2, 0.25) is 11.9 Å². The number of hydrogen-bond donors (Lipinski definition) is 3. The molecule has 1 fully saturated rings. The van der Waals surface area contributed by atoms with Gasteiger partial charge < -0.3 is 15.7 Å². The minimum atomic E-state index is -4.56. The zero-order valence-electron chi connectivity index (χ0n) is 15.0. The van der Waals surface area contributed by atoms with Crippen LogP contribution in [0.15, 0.2) is 18.2 Å². The molecule has 2 atom stereocenters. The van der Waals surface area contributed by atoms with E-state index in [1.165, 1.54) is 12.1 Å². The van der Waals surface area contributed by atoms with Crippen molar-refractivity contribution in [3.05, 3.63) is 23.9 Å². The molecule has 2 unspecified atom stereocenters. The van der Waals surface area contributed by atoms with Gasteiger partial charge in [-0.15, -0.1) is 0 Å². The van der Waals surface area contributed by atoms with E-state index in [-0.39, 0.29) is 42.1 Å². The number of anilines is 2. The van der Waals surface area contributed by atoms with Crippen LogP contribution in [0.2, 0.25) is 0 Å². The first kappa shape index (κ1) is 19.3. The molecule has 2 heterocycles. The van der Waals surface area contributed by atoms with E-state index in [0.29, 0.717) is 5.92 Å². The molecule has 1 saturated carbocycles. The standard InChI is InChI=1S/C17H21F3N6O/c1-9(8-27)21-15-24-14(12-4-3-5-13(23-12)17(18,19)20)25-16(26-15)22-10(2)11-6-7-11/h3-5,9-11,27H,6-8H2,1-2H3,(H2,21,22,24,25,26). The first-order chi connectivity index (χ1) is 12.8. The molecule has 3 N–H and O–H groups in total. The van der Waals surface area contributed by atoms with Crippen molar-refractivity contribution in [1.29, 1.82) is 0 Å². The summed E-state index contributed by atoms with van der Waals surface area (Å²) < 4.78 is 38.9. The van der Waals surface area contributed by atoms with Gasteiger partial charge in [-0.25, -0.2) is 4.98 Å². The molecule has 0 aromatic carbocycles. The Morgan fingerprint density at radius 1 is 1.07 bits per heavy atom. The molecule has 7 nitrogen and oxygen atoms in total. The fraction of sp³-hybridized carbons (Fsp3) is 0.529. The van der Waals surface area contributed by atoms with E-state index in [9.17, 15) is 18.3 Å². The number of nitrogens with one attached hydrogen (secondary N) is 2. The van der Waals surface area contributed by atoms with E-state index in [4.69, 9.17) is 0 Å². The van der Waals surface area contributed by atoms with Crippen LogP contribution in [0.5, 0.6) is 0 Å². The molecule has 0 saturated heterocycles. The van der Waals surface area contributed by atoms with E-state index in [0.717, 1.165) is 18.9 Å². The summed E-state index contributed by atoms with van der Waals surface area (Å²) in [4.78, 5) is 16.3. The number of pyridine rings is 1. The van der Waals surface area contributed by atoms with Gasteiger partial charge in [-0.2, -0.15) is 28.1 Å². The van der Waals surface area contributed by atoms with Crippen molar-refractivity contribution in [2.45, 2.75) is 44.9 Å². The van der Waals surface area contributed by atoms with Gasteiger partial charge in [-0.3, -0.25) is 0 Å². The summed E-state index contributed by atoms with van der Waals surface area (Å²) in [5, 5.41) is 15.3. The van der Waals surface area contributed by atoms with E-state index < -0.39 is 11.9 Å². The van der Waals surface area contributed by atoms with Crippen LogP contribution in [0.3, 0.4) is 0 Å². The van der Waals surface area contributed by atoms with E-state index in [1.54, 1.807) is 6.92 Å². The normalized spacial score (nSPS) is 16.7. The molecule has 0 radical (unpaired) electrons. The second-order valence-corrected chi connectivity index (χ2v) is 6.71. The van der Waals surface area contributed by atoms with Gasteiger partial charge in [0, 0.05) is 12.1 Å². The number of aliphatic hydroxyl groups is 1. The topological polar surface area (TPSA) is 95.8 Å². The second kappa shape index (κ2) is 7.63. The largest absolute Gasteiger partial charge is 0.433 e. The first-order valence-electron chi connectivity index (χ1n) is 8.71. The van der Waals surface area contributed by atoms with E-state index >= 15 is 0 Å². The highest BCUT2D eigenvalue weighted by molar-refractivity contribution is 5.54. The summed E-state index contributed by atoms with van der Waals surface area (Å²) >= 11 is 0. The minimum absolute atomic E-state index is 0.00551. The summed E-state index contributed by atoms with van der Waals surface area (Å²) in [6, 6.07) is 3.38. The number of halogens is 3. The highest BCUT2D eigenvalue weighted by Crippen LogP contribution is 2.34. The summed E-state index contributed by atoms with van der Waals surface area (Å²) in [6.45, 7) is 3.59. The van der Waals surface area contributed by atoms with Gasteiger partial charge >= 0.3 is 6.18 Å². The Bertz CT molecular complexity index is 796. The van der Waals surface area contributed by atoms with Crippen molar-refractivity contribution >= 4 is 11.9 Å². The maximum atomic E-state index is 13.0. The number of hydrogen-bond acceptors (Lipinski definition) is 7. The predicted molar refractivity (Wildman–Crippen MR) is 94.0 cm³/mol. The minimum Gasteiger partial charge on any atom is -0.394 e. The third kappa shape index (κ3) is 5.03. The average molecular weight is 382 g/mol. The first-order valence-corrected chi connectivity index (χ1v) is 8.71. The molecule has 146 valence electrons. The van der Waals surface area contributed by atoms with Gasteiger partial charge in [-0.05, 0) is 44.7 Å². The average Bonchev–Trinajstić information content (AvgIpc) is 3.46. The Hall–Kier alpha value is -2.49. The van der Waals surface area contributed by atoms with Crippen molar-refractivity contribution in [2.24, 2.45) is 5.92 Å². The molecule has 2 aromatic heterocycles. The summed E-state index contributed by atoms with van der Waals surface area (Å²) in [7, 11) is 0. The van der Waals surface area contributed by atoms with Crippen LogP contribution >= 0.6 is 0 Å². The molecule has 3 rings (SSSR count). The van der Waals surface area contributed by atoms with Gasteiger partial charge in [0.1, 0.15) is 11.4 Å². The van der Waals surface area contributed by atoms with E-state index in [2.05, 4.69) is 30.6 Å². The SMILES string of the molecule is CC(CO)Nc1nc(NC(C)C2CC2)nc(-c2cccc(C(F)(F)F)n2)n1. The van der Waals surface area contributed by atoms with Crippen LogP contribution in [-0.4, -0.2) is 43.7 Å². The number of aromatic nitrogens is 4. The molecule has 1 aliphatic rings. The molecule has 2 aromatic rings. The Kier molecular flexibility index (Phi) is 5.45. The maximum absolute atomic E-state index is 13.0. The Morgan fingerprint density at radius 2 is 1.74 bits per heavy atom. The second-order valence-electron chi connectivity index (χ2n) is 6.71. The van der Waals surface area contributed by atoms with Crippen molar-refractivity contribution in [2.75, 3.05) is 17.2 Å². The quantitative estimate of drug-likeness (QED) is 0.677. The van der Waals surface area contributed by atoms with Gasteiger partial charge in [0.25, 0.3) is 0 Å². The summed E-state index contributed by atoms with van der Waals surface area (Å²) in [5.41, 5.74) is -1.02. The fourth-order valence-corrected chi connectivity index (χ4v) is 2.52. The summed E-state index contributed by atoms with van der Waals surface area (Å²) in [5.74, 6) is 0.969. The molecule has 1 aliphatic carbocycles. The van der Waals surface area contributed by atoms with Crippen LogP contribution in [-0.2, 0) is 6.18 Å². The molecule has 10 heteroatoms. The lowest BCUT2D eigenvalue weighted by atomic mass is 10.2. The van der Waals surface area contributed by atoms with Crippen molar-refractivity contribution in [3.63, 3.8) is 0 Å². The van der Waals surface area contributed by atoms with Crippen molar-refractivity contribution in [1.82, 2.24) is 19.9 Å². The van der Waals surface area contributed by atoms with Crippen LogP contribution in [0.1, 0.15) is 32.4 Å². The van der Waals surface area contributed by atoms with Crippen LogP contribution < -0.4 is 10.6 Å².